The van der Waals surface area contributed by atoms with Crippen LogP contribution in [0.25, 0.3) is 11.0 Å². The van der Waals surface area contributed by atoms with Crippen LogP contribution in [0.1, 0.15) is 30.9 Å². The van der Waals surface area contributed by atoms with E-state index in [1.54, 1.807) is 6.20 Å². The zero-order valence-electron chi connectivity index (χ0n) is 13.1. The topological polar surface area (TPSA) is 68.5 Å². The standard InChI is InChI=1S/C17H20N6/c1-2-8-16-21-22-17(23(16)11-5-1)9-10-18-15-12-19-13-6-3-4-7-14(13)20-15/h3-4,6-7,12H,1-2,5,8-11H2,(H,18,20). The molecule has 2 aromatic heterocycles. The minimum absolute atomic E-state index is 0.783. The number of hydrogen-bond acceptors (Lipinski definition) is 5. The summed E-state index contributed by atoms with van der Waals surface area (Å²) in [6.45, 7) is 1.83. The molecular weight excluding hydrogens is 288 g/mol. The van der Waals surface area contributed by atoms with Crippen molar-refractivity contribution in [2.45, 2.75) is 38.6 Å². The number of nitrogens with one attached hydrogen (secondary N) is 1. The molecule has 0 saturated heterocycles. The molecule has 1 aromatic carbocycles. The largest absolute Gasteiger partial charge is 0.368 e. The lowest BCUT2D eigenvalue weighted by Gasteiger charge is -2.08. The molecule has 23 heavy (non-hydrogen) atoms. The molecule has 0 radical (unpaired) electrons. The molecule has 3 aromatic rings. The first-order valence-corrected chi connectivity index (χ1v) is 8.27. The fourth-order valence-electron chi connectivity index (χ4n) is 3.07. The van der Waals surface area contributed by atoms with Gasteiger partial charge in [-0.25, -0.2) is 4.98 Å². The van der Waals surface area contributed by atoms with E-state index in [-0.39, 0.29) is 0 Å². The van der Waals surface area contributed by atoms with Crippen LogP contribution in [0.3, 0.4) is 0 Å². The molecule has 3 heterocycles. The predicted octanol–water partition coefficient (Wildman–Crippen LogP) is 2.60. The summed E-state index contributed by atoms with van der Waals surface area (Å²) in [5, 5.41) is 12.0. The van der Waals surface area contributed by atoms with E-state index < -0.39 is 0 Å². The molecule has 1 N–H and O–H groups in total. The summed E-state index contributed by atoms with van der Waals surface area (Å²) < 4.78 is 2.29. The van der Waals surface area contributed by atoms with Gasteiger partial charge in [0.1, 0.15) is 17.5 Å². The molecule has 1 aliphatic heterocycles. The second kappa shape index (κ2) is 6.32. The number of para-hydroxylation sites is 2. The molecule has 1 aliphatic rings. The summed E-state index contributed by atoms with van der Waals surface area (Å²) in [6, 6.07) is 7.90. The summed E-state index contributed by atoms with van der Waals surface area (Å²) in [4.78, 5) is 9.00. The fourth-order valence-corrected chi connectivity index (χ4v) is 3.07. The van der Waals surface area contributed by atoms with Crippen LogP contribution in [0.2, 0.25) is 0 Å². The maximum Gasteiger partial charge on any atom is 0.145 e. The Morgan fingerprint density at radius 2 is 1.96 bits per heavy atom. The van der Waals surface area contributed by atoms with E-state index in [4.69, 9.17) is 0 Å². The number of aryl methyl sites for hydroxylation is 1. The molecule has 0 aliphatic carbocycles. The van der Waals surface area contributed by atoms with E-state index in [0.717, 1.165) is 54.4 Å². The summed E-state index contributed by atoms with van der Waals surface area (Å²) in [5.74, 6) is 3.02. The maximum atomic E-state index is 4.58. The molecule has 0 spiro atoms. The number of hydrogen-bond donors (Lipinski definition) is 1. The minimum Gasteiger partial charge on any atom is -0.368 e. The van der Waals surface area contributed by atoms with E-state index in [2.05, 4.69) is 30.0 Å². The van der Waals surface area contributed by atoms with Crippen LogP contribution in [0.4, 0.5) is 5.82 Å². The smallest absolute Gasteiger partial charge is 0.145 e. The Labute approximate surface area is 135 Å². The van der Waals surface area contributed by atoms with Crippen LogP contribution in [0.5, 0.6) is 0 Å². The van der Waals surface area contributed by atoms with Crippen LogP contribution in [0, 0.1) is 0 Å². The van der Waals surface area contributed by atoms with Gasteiger partial charge in [-0.05, 0) is 25.0 Å². The van der Waals surface area contributed by atoms with Gasteiger partial charge in [0.15, 0.2) is 0 Å². The highest BCUT2D eigenvalue weighted by molar-refractivity contribution is 5.75. The van der Waals surface area contributed by atoms with Crippen LogP contribution in [-0.4, -0.2) is 31.3 Å². The minimum atomic E-state index is 0.783. The Kier molecular flexibility index (Phi) is 3.88. The molecule has 0 atom stereocenters. The van der Waals surface area contributed by atoms with E-state index >= 15 is 0 Å². The first-order chi connectivity index (χ1) is 11.4. The second-order valence-corrected chi connectivity index (χ2v) is 5.92. The molecule has 0 fully saturated rings. The zero-order valence-corrected chi connectivity index (χ0v) is 13.1. The van der Waals surface area contributed by atoms with Crippen LogP contribution >= 0.6 is 0 Å². The summed E-state index contributed by atoms with van der Waals surface area (Å²) >= 11 is 0. The summed E-state index contributed by atoms with van der Waals surface area (Å²) in [5.41, 5.74) is 1.83. The Hall–Kier alpha value is -2.50. The average molecular weight is 308 g/mol. The van der Waals surface area contributed by atoms with Crippen LogP contribution in [0.15, 0.2) is 30.5 Å². The normalized spacial score (nSPS) is 14.4. The third-order valence-electron chi connectivity index (χ3n) is 4.29. The highest BCUT2D eigenvalue weighted by Gasteiger charge is 2.14. The maximum absolute atomic E-state index is 4.58. The average Bonchev–Trinajstić information content (AvgIpc) is 2.82. The van der Waals surface area contributed by atoms with E-state index in [1.807, 2.05) is 24.3 Å². The number of anilines is 1. The van der Waals surface area contributed by atoms with Gasteiger partial charge in [0, 0.05) is 25.9 Å². The molecule has 0 unspecified atom stereocenters. The number of rotatable bonds is 4. The summed E-state index contributed by atoms with van der Waals surface area (Å²) in [6.07, 6.45) is 7.42. The van der Waals surface area contributed by atoms with E-state index in [9.17, 15) is 0 Å². The molecule has 0 saturated carbocycles. The SMILES string of the molecule is c1ccc2nc(NCCc3nnc4n3CCCCC4)cnc2c1. The molecule has 118 valence electrons. The highest BCUT2D eigenvalue weighted by Crippen LogP contribution is 2.15. The van der Waals surface area contributed by atoms with Gasteiger partial charge in [-0.3, -0.25) is 4.98 Å². The second-order valence-electron chi connectivity index (χ2n) is 5.92. The molecule has 6 nitrogen and oxygen atoms in total. The lowest BCUT2D eigenvalue weighted by molar-refractivity contribution is 0.606. The first-order valence-electron chi connectivity index (χ1n) is 8.27. The quantitative estimate of drug-likeness (QED) is 0.802. The van der Waals surface area contributed by atoms with E-state index in [1.165, 1.54) is 19.3 Å². The molecule has 6 heteroatoms. The number of benzene rings is 1. The number of fused-ring (bicyclic) bond motifs is 2. The van der Waals surface area contributed by atoms with Gasteiger partial charge in [-0.1, -0.05) is 18.6 Å². The van der Waals surface area contributed by atoms with E-state index in [0.29, 0.717) is 0 Å². The number of aromatic nitrogens is 5. The predicted molar refractivity (Wildman–Crippen MR) is 89.3 cm³/mol. The third kappa shape index (κ3) is 3.02. The van der Waals surface area contributed by atoms with Crippen molar-refractivity contribution >= 4 is 16.9 Å². The monoisotopic (exact) mass is 308 g/mol. The number of nitrogens with zero attached hydrogens (tertiary/aromatic N) is 5. The van der Waals surface area contributed by atoms with Crippen molar-refractivity contribution in [2.24, 2.45) is 0 Å². The van der Waals surface area contributed by atoms with Crippen molar-refractivity contribution in [1.29, 1.82) is 0 Å². The lowest BCUT2D eigenvalue weighted by Crippen LogP contribution is -2.12. The van der Waals surface area contributed by atoms with Gasteiger partial charge >= 0.3 is 0 Å². The van der Waals surface area contributed by atoms with Gasteiger partial charge < -0.3 is 9.88 Å². The van der Waals surface area contributed by atoms with Crippen molar-refractivity contribution in [2.75, 3.05) is 11.9 Å². The first kappa shape index (κ1) is 14.1. The van der Waals surface area contributed by atoms with Gasteiger partial charge in [0.05, 0.1) is 17.2 Å². The molecule has 4 rings (SSSR count). The lowest BCUT2D eigenvalue weighted by atomic mass is 10.2. The van der Waals surface area contributed by atoms with Gasteiger partial charge in [0.2, 0.25) is 0 Å². The molecule has 0 amide bonds. The van der Waals surface area contributed by atoms with Crippen molar-refractivity contribution in [3.8, 4) is 0 Å². The Morgan fingerprint density at radius 3 is 2.91 bits per heavy atom. The van der Waals surface area contributed by atoms with Crippen molar-refractivity contribution in [3.05, 3.63) is 42.1 Å². The van der Waals surface area contributed by atoms with Gasteiger partial charge in [-0.2, -0.15) is 0 Å². The van der Waals surface area contributed by atoms with Gasteiger partial charge in [0.25, 0.3) is 0 Å². The van der Waals surface area contributed by atoms with Crippen molar-refractivity contribution in [3.63, 3.8) is 0 Å². The van der Waals surface area contributed by atoms with Gasteiger partial charge in [-0.15, -0.1) is 10.2 Å². The highest BCUT2D eigenvalue weighted by atomic mass is 15.3. The Balaban J connectivity index is 1.42. The molecule has 0 bridgehead atoms. The van der Waals surface area contributed by atoms with Crippen LogP contribution in [-0.2, 0) is 19.4 Å². The van der Waals surface area contributed by atoms with Crippen molar-refractivity contribution < 1.29 is 0 Å². The summed E-state index contributed by atoms with van der Waals surface area (Å²) in [7, 11) is 0. The van der Waals surface area contributed by atoms with Crippen LogP contribution < -0.4 is 5.32 Å². The third-order valence-corrected chi connectivity index (χ3v) is 4.29. The Morgan fingerprint density at radius 1 is 1.04 bits per heavy atom. The molecular formula is C17H20N6. The Bertz CT molecular complexity index is 810. The van der Waals surface area contributed by atoms with Crippen molar-refractivity contribution in [1.82, 2.24) is 24.7 Å². The zero-order chi connectivity index (χ0) is 15.5. The fraction of sp³-hybridized carbons (Fsp3) is 0.412.